The first-order valence-electron chi connectivity index (χ1n) is 5.12. The molecule has 0 atom stereocenters. The Labute approximate surface area is 105 Å². The lowest BCUT2D eigenvalue weighted by Crippen LogP contribution is -2.36. The lowest BCUT2D eigenvalue weighted by Gasteiger charge is -2.04. The van der Waals surface area contributed by atoms with Gasteiger partial charge in [0.1, 0.15) is 0 Å². The molecule has 0 radical (unpaired) electrons. The van der Waals surface area contributed by atoms with Crippen LogP contribution in [0.1, 0.15) is 20.3 Å². The largest absolute Gasteiger partial charge is 0.462 e. The monoisotopic (exact) mass is 253 g/mol. The number of carbonyl (C=O) groups excluding carboxylic acids is 4. The van der Waals surface area contributed by atoms with Crippen LogP contribution in [0.2, 0.25) is 0 Å². The molecule has 6 nitrogen and oxygen atoms in total. The van der Waals surface area contributed by atoms with Crippen molar-refractivity contribution in [3.05, 3.63) is 24.3 Å². The molecule has 0 aromatic heterocycles. The highest BCUT2D eigenvalue weighted by atomic mass is 16.5. The van der Waals surface area contributed by atoms with Crippen molar-refractivity contribution in [3.8, 4) is 0 Å². The van der Waals surface area contributed by atoms with E-state index in [1.54, 1.807) is 0 Å². The molecule has 1 N–H and O–H groups in total. The second-order valence-corrected chi connectivity index (χ2v) is 3.65. The van der Waals surface area contributed by atoms with E-state index in [2.05, 4.69) is 17.9 Å². The third-order valence-corrected chi connectivity index (χ3v) is 1.78. The standard InChI is InChI=1S/C12H15NO5/c1-7(2)10(15)13-11(16)9(14)5-6-18-12(17)8(3)4/h1,3,5-6H2,2,4H3,(H,13,15,16). The van der Waals surface area contributed by atoms with Crippen molar-refractivity contribution in [3.63, 3.8) is 0 Å². The molecule has 6 heteroatoms. The van der Waals surface area contributed by atoms with Crippen LogP contribution in [0.4, 0.5) is 0 Å². The Morgan fingerprint density at radius 3 is 2.00 bits per heavy atom. The van der Waals surface area contributed by atoms with Gasteiger partial charge in [-0.2, -0.15) is 0 Å². The van der Waals surface area contributed by atoms with Gasteiger partial charge in [-0.1, -0.05) is 13.2 Å². The third kappa shape index (κ3) is 5.74. The summed E-state index contributed by atoms with van der Waals surface area (Å²) in [6, 6.07) is 0. The van der Waals surface area contributed by atoms with Gasteiger partial charge in [0.15, 0.2) is 0 Å². The normalized spacial score (nSPS) is 9.22. The Kier molecular flexibility index (Phi) is 6.27. The molecule has 2 amide bonds. The van der Waals surface area contributed by atoms with Gasteiger partial charge in [0.2, 0.25) is 5.78 Å². The molecule has 0 aromatic rings. The van der Waals surface area contributed by atoms with Gasteiger partial charge in [0.05, 0.1) is 13.0 Å². The van der Waals surface area contributed by atoms with Crippen LogP contribution in [0.3, 0.4) is 0 Å². The molecule has 0 aliphatic heterocycles. The molecule has 0 heterocycles. The zero-order valence-corrected chi connectivity index (χ0v) is 10.4. The molecular weight excluding hydrogens is 238 g/mol. The van der Waals surface area contributed by atoms with E-state index in [0.717, 1.165) is 0 Å². The van der Waals surface area contributed by atoms with Crippen LogP contribution < -0.4 is 5.32 Å². The Morgan fingerprint density at radius 2 is 1.56 bits per heavy atom. The molecule has 0 aromatic carbocycles. The summed E-state index contributed by atoms with van der Waals surface area (Å²) in [7, 11) is 0. The molecular formula is C12H15NO5. The van der Waals surface area contributed by atoms with Gasteiger partial charge < -0.3 is 4.74 Å². The third-order valence-electron chi connectivity index (χ3n) is 1.78. The van der Waals surface area contributed by atoms with E-state index in [1.165, 1.54) is 13.8 Å². The van der Waals surface area contributed by atoms with E-state index in [4.69, 9.17) is 0 Å². The van der Waals surface area contributed by atoms with Crippen LogP contribution >= 0.6 is 0 Å². The highest BCUT2D eigenvalue weighted by Crippen LogP contribution is 1.95. The van der Waals surface area contributed by atoms with Crippen LogP contribution in [0.25, 0.3) is 0 Å². The zero-order chi connectivity index (χ0) is 14.3. The lowest BCUT2D eigenvalue weighted by molar-refractivity contribution is -0.144. The first-order chi connectivity index (χ1) is 8.25. The molecule has 0 bridgehead atoms. The minimum atomic E-state index is -1.05. The van der Waals surface area contributed by atoms with Crippen molar-refractivity contribution >= 4 is 23.6 Å². The molecule has 98 valence electrons. The number of hydrogen-bond acceptors (Lipinski definition) is 5. The fraction of sp³-hybridized carbons (Fsp3) is 0.333. The average Bonchev–Trinajstić information content (AvgIpc) is 2.27. The maximum Gasteiger partial charge on any atom is 0.333 e. The Balaban J connectivity index is 4.07. The van der Waals surface area contributed by atoms with Crippen LogP contribution in [0.5, 0.6) is 0 Å². The van der Waals surface area contributed by atoms with Crippen molar-refractivity contribution in [2.24, 2.45) is 0 Å². The minimum Gasteiger partial charge on any atom is -0.462 e. The Bertz CT molecular complexity index is 422. The van der Waals surface area contributed by atoms with Gasteiger partial charge in [0.25, 0.3) is 11.8 Å². The maximum atomic E-state index is 11.2. The highest BCUT2D eigenvalue weighted by molar-refractivity contribution is 6.39. The number of ether oxygens (including phenoxy) is 1. The number of esters is 1. The number of carbonyl (C=O) groups is 4. The molecule has 0 fully saturated rings. The van der Waals surface area contributed by atoms with E-state index in [9.17, 15) is 19.2 Å². The number of Topliss-reactive ketones (excluding diaryl/α,β-unsaturated/α-hetero) is 1. The van der Waals surface area contributed by atoms with E-state index in [-0.39, 0.29) is 24.2 Å². The van der Waals surface area contributed by atoms with Crippen molar-refractivity contribution in [1.29, 1.82) is 0 Å². The first kappa shape index (κ1) is 15.8. The van der Waals surface area contributed by atoms with E-state index >= 15 is 0 Å². The molecule has 0 saturated heterocycles. The molecule has 0 spiro atoms. The summed E-state index contributed by atoms with van der Waals surface area (Å²) in [4.78, 5) is 44.4. The number of amides is 2. The summed E-state index contributed by atoms with van der Waals surface area (Å²) in [6.07, 6.45) is -0.297. The van der Waals surface area contributed by atoms with Gasteiger partial charge in [-0.25, -0.2) is 4.79 Å². The van der Waals surface area contributed by atoms with Gasteiger partial charge in [-0.15, -0.1) is 0 Å². The fourth-order valence-corrected chi connectivity index (χ4v) is 0.753. The lowest BCUT2D eigenvalue weighted by atomic mass is 10.2. The van der Waals surface area contributed by atoms with Crippen LogP contribution in [-0.4, -0.2) is 30.2 Å². The van der Waals surface area contributed by atoms with Crippen LogP contribution in [0.15, 0.2) is 24.3 Å². The predicted molar refractivity (Wildman–Crippen MR) is 63.4 cm³/mol. The van der Waals surface area contributed by atoms with Crippen molar-refractivity contribution < 1.29 is 23.9 Å². The molecule has 0 saturated carbocycles. The molecule has 0 aliphatic carbocycles. The number of nitrogens with one attached hydrogen (secondary N) is 1. The SMILES string of the molecule is C=C(C)C(=O)NC(=O)C(=O)CCOC(=O)C(=C)C. The number of ketones is 1. The van der Waals surface area contributed by atoms with E-state index in [1.807, 2.05) is 5.32 Å². The zero-order valence-electron chi connectivity index (χ0n) is 10.4. The summed E-state index contributed by atoms with van der Waals surface area (Å²) >= 11 is 0. The first-order valence-corrected chi connectivity index (χ1v) is 5.12. The summed E-state index contributed by atoms with van der Waals surface area (Å²) < 4.78 is 4.63. The summed E-state index contributed by atoms with van der Waals surface area (Å²) in [5.74, 6) is -3.25. The minimum absolute atomic E-state index is 0.116. The second kappa shape index (κ2) is 7.16. The molecule has 18 heavy (non-hydrogen) atoms. The quantitative estimate of drug-likeness (QED) is 0.417. The molecule has 0 unspecified atom stereocenters. The molecule has 0 aliphatic rings. The molecule has 0 rings (SSSR count). The number of rotatable bonds is 6. The number of imide groups is 1. The van der Waals surface area contributed by atoms with Gasteiger partial charge in [0, 0.05) is 11.1 Å². The van der Waals surface area contributed by atoms with Gasteiger partial charge >= 0.3 is 5.97 Å². The highest BCUT2D eigenvalue weighted by Gasteiger charge is 2.17. The average molecular weight is 253 g/mol. The van der Waals surface area contributed by atoms with E-state index in [0.29, 0.717) is 0 Å². The number of hydrogen-bond donors (Lipinski definition) is 1. The van der Waals surface area contributed by atoms with E-state index < -0.39 is 23.6 Å². The van der Waals surface area contributed by atoms with Crippen molar-refractivity contribution in [2.75, 3.05) is 6.61 Å². The van der Waals surface area contributed by atoms with Gasteiger partial charge in [-0.05, 0) is 13.8 Å². The summed E-state index contributed by atoms with van der Waals surface area (Å²) in [5, 5.41) is 1.86. The summed E-state index contributed by atoms with van der Waals surface area (Å²) in [5.41, 5.74) is 0.314. The Morgan fingerprint density at radius 1 is 1.00 bits per heavy atom. The van der Waals surface area contributed by atoms with Gasteiger partial charge in [-0.3, -0.25) is 19.7 Å². The smallest absolute Gasteiger partial charge is 0.333 e. The topological polar surface area (TPSA) is 89.5 Å². The maximum absolute atomic E-state index is 11.2. The Hall–Kier alpha value is -2.24. The second-order valence-electron chi connectivity index (χ2n) is 3.65. The fourth-order valence-electron chi connectivity index (χ4n) is 0.753. The predicted octanol–water partition coefficient (Wildman–Crippen LogP) is 0.284. The summed E-state index contributed by atoms with van der Waals surface area (Å²) in [6.45, 7) is 9.30. The van der Waals surface area contributed by atoms with Crippen LogP contribution in [-0.2, 0) is 23.9 Å². The van der Waals surface area contributed by atoms with Crippen molar-refractivity contribution in [1.82, 2.24) is 5.32 Å². The van der Waals surface area contributed by atoms with Crippen molar-refractivity contribution in [2.45, 2.75) is 20.3 Å². The van der Waals surface area contributed by atoms with Crippen LogP contribution in [0, 0.1) is 0 Å².